The molecule has 8 rings (SSSR count). The molecule has 0 radical (unpaired) electrons. The highest BCUT2D eigenvalue weighted by Crippen LogP contribution is 2.83. The number of phenolic OH excluding ortho intramolecular Hbond substituents is 1. The van der Waals surface area contributed by atoms with E-state index in [1.807, 2.05) is 25.3 Å². The maximum absolute atomic E-state index is 12.2. The molecule has 0 aromatic heterocycles. The van der Waals surface area contributed by atoms with Crippen LogP contribution in [0.25, 0.3) is 0 Å². The van der Waals surface area contributed by atoms with Crippen LogP contribution in [0.1, 0.15) is 67.4 Å². The average Bonchev–Trinajstić information content (AvgIpc) is 3.46. The van der Waals surface area contributed by atoms with Crippen LogP contribution >= 0.6 is 0 Å². The van der Waals surface area contributed by atoms with Gasteiger partial charge in [0.25, 0.3) is 0 Å². The number of phenols is 1. The van der Waals surface area contributed by atoms with Crippen LogP contribution in [-0.2, 0) is 16.6 Å². The molecule has 2 spiro atoms. The number of hydrogen-bond acceptors (Lipinski definition) is 5. The first kappa shape index (κ1) is 22.0. The largest absolute Gasteiger partial charge is 0.504 e. The van der Waals surface area contributed by atoms with E-state index < -0.39 is 17.1 Å². The van der Waals surface area contributed by atoms with Crippen LogP contribution < -0.4 is 4.74 Å². The normalized spacial score (nSPS) is 42.3. The lowest BCUT2D eigenvalue weighted by molar-refractivity contribution is -0.210. The fraction of sp³-hybridized carbons (Fsp3) is 0.613. The number of likely N-dealkylation sites (tertiary alicyclic amines) is 1. The molecular weight excluding hydrogens is 450 g/mol. The maximum Gasteiger partial charge on any atom is 0.165 e. The summed E-state index contributed by atoms with van der Waals surface area (Å²) in [6, 6.07) is 12.6. The van der Waals surface area contributed by atoms with Gasteiger partial charge >= 0.3 is 0 Å². The number of methoxy groups -OCH3 is 1. The molecule has 5 heteroatoms. The summed E-state index contributed by atoms with van der Waals surface area (Å²) in [6.07, 6.45) is 5.68. The summed E-state index contributed by atoms with van der Waals surface area (Å²) >= 11 is 0. The van der Waals surface area contributed by atoms with Gasteiger partial charge in [0.05, 0.1) is 6.10 Å². The minimum atomic E-state index is -0.657. The van der Waals surface area contributed by atoms with Crippen molar-refractivity contribution < 1.29 is 19.7 Å². The molecule has 6 aliphatic rings. The quantitative estimate of drug-likeness (QED) is 0.643. The lowest BCUT2D eigenvalue weighted by Gasteiger charge is -2.64. The van der Waals surface area contributed by atoms with Gasteiger partial charge in [-0.2, -0.15) is 0 Å². The molecule has 36 heavy (non-hydrogen) atoms. The van der Waals surface area contributed by atoms with Gasteiger partial charge in [0.15, 0.2) is 11.5 Å². The standard InChI is InChI=1S/C31H37NO4/c1-18-6-4-5-7-21(18)26(34)28(2)16-29-17-31(28,35-3)27-30(29)12-13-32(15-19-8-9-19)23(29)14-20-10-11-22(33)25(36-27)24(20)30/h4-7,10-11,19,23,26-27,33-34H,8-9,12-17H2,1-3H3/t23-,26+,27-,28-,29+,30+,31+/m1/s1. The van der Waals surface area contributed by atoms with Crippen LogP contribution in [0.4, 0.5) is 0 Å². The number of benzene rings is 2. The van der Waals surface area contributed by atoms with Crippen LogP contribution in [0.15, 0.2) is 36.4 Å². The van der Waals surface area contributed by atoms with Gasteiger partial charge in [-0.3, -0.25) is 4.90 Å². The van der Waals surface area contributed by atoms with Gasteiger partial charge in [-0.1, -0.05) is 37.3 Å². The van der Waals surface area contributed by atoms with Crippen molar-refractivity contribution in [2.75, 3.05) is 20.2 Å². The van der Waals surface area contributed by atoms with E-state index >= 15 is 0 Å². The van der Waals surface area contributed by atoms with Crippen molar-refractivity contribution in [3.8, 4) is 11.5 Å². The highest BCUT2D eigenvalue weighted by atomic mass is 16.6. The van der Waals surface area contributed by atoms with E-state index in [1.165, 1.54) is 30.5 Å². The number of aryl methyl sites for hydroxylation is 1. The summed E-state index contributed by atoms with van der Waals surface area (Å²) in [5.74, 6) is 1.77. The topological polar surface area (TPSA) is 62.2 Å². The van der Waals surface area contributed by atoms with Crippen LogP contribution in [0.5, 0.6) is 11.5 Å². The van der Waals surface area contributed by atoms with Crippen molar-refractivity contribution >= 4 is 0 Å². The highest BCUT2D eigenvalue weighted by molar-refractivity contribution is 5.65. The zero-order valence-electron chi connectivity index (χ0n) is 21.6. The van der Waals surface area contributed by atoms with Crippen molar-refractivity contribution in [2.24, 2.45) is 16.7 Å². The molecular formula is C31H37NO4. The first-order valence-electron chi connectivity index (χ1n) is 13.9. The number of fused-ring (bicyclic) bond motifs is 2. The number of nitrogens with zero attached hydrogens (tertiary/aromatic N) is 1. The summed E-state index contributed by atoms with van der Waals surface area (Å²) in [5.41, 5.74) is 3.34. The van der Waals surface area contributed by atoms with Crippen LogP contribution in [0.2, 0.25) is 0 Å². The van der Waals surface area contributed by atoms with Crippen LogP contribution in [0, 0.1) is 23.7 Å². The van der Waals surface area contributed by atoms with Gasteiger partial charge in [-0.05, 0) is 80.7 Å². The smallest absolute Gasteiger partial charge is 0.165 e. The summed E-state index contributed by atoms with van der Waals surface area (Å²) in [7, 11) is 1.83. The Morgan fingerprint density at radius 3 is 2.72 bits per heavy atom. The van der Waals surface area contributed by atoms with E-state index in [9.17, 15) is 10.2 Å². The third-order valence-corrected chi connectivity index (χ3v) is 11.8. The predicted octanol–water partition coefficient (Wildman–Crippen LogP) is 4.66. The summed E-state index contributed by atoms with van der Waals surface area (Å²) in [4.78, 5) is 2.80. The van der Waals surface area contributed by atoms with E-state index in [2.05, 4.69) is 36.9 Å². The molecule has 2 aliphatic heterocycles. The van der Waals surface area contributed by atoms with E-state index in [4.69, 9.17) is 9.47 Å². The molecule has 7 atom stereocenters. The van der Waals surface area contributed by atoms with Crippen LogP contribution in [0.3, 0.4) is 0 Å². The molecule has 1 saturated heterocycles. The molecule has 2 aromatic rings. The fourth-order valence-electron chi connectivity index (χ4n) is 10.2. The first-order chi connectivity index (χ1) is 17.3. The lowest BCUT2D eigenvalue weighted by atomic mass is 9.44. The van der Waals surface area contributed by atoms with Crippen molar-refractivity contribution in [3.63, 3.8) is 0 Å². The monoisotopic (exact) mass is 487 g/mol. The Labute approximate surface area is 213 Å². The average molecular weight is 488 g/mol. The summed E-state index contributed by atoms with van der Waals surface area (Å²) < 4.78 is 13.6. The fourth-order valence-corrected chi connectivity index (χ4v) is 10.2. The Hall–Kier alpha value is -2.08. The summed E-state index contributed by atoms with van der Waals surface area (Å²) in [5, 5.41) is 23.1. The maximum atomic E-state index is 12.2. The van der Waals surface area contributed by atoms with Crippen molar-refractivity contribution in [1.82, 2.24) is 4.90 Å². The Morgan fingerprint density at radius 2 is 1.97 bits per heavy atom. The predicted molar refractivity (Wildman–Crippen MR) is 136 cm³/mol. The Bertz CT molecular complexity index is 1290. The van der Waals surface area contributed by atoms with E-state index in [-0.39, 0.29) is 22.7 Å². The molecule has 4 aliphatic carbocycles. The van der Waals surface area contributed by atoms with Gasteiger partial charge in [0.1, 0.15) is 11.7 Å². The number of aromatic hydroxyl groups is 1. The molecule has 190 valence electrons. The summed E-state index contributed by atoms with van der Waals surface area (Å²) in [6.45, 7) is 6.60. The third kappa shape index (κ3) is 2.19. The molecule has 2 heterocycles. The number of rotatable bonds is 5. The molecule has 3 saturated carbocycles. The van der Waals surface area contributed by atoms with Gasteiger partial charge in [-0.25, -0.2) is 0 Å². The second kappa shape index (κ2) is 6.67. The molecule has 4 bridgehead atoms. The Balaban J connectivity index is 1.36. The van der Waals surface area contributed by atoms with E-state index in [1.54, 1.807) is 0 Å². The lowest BCUT2D eigenvalue weighted by Crippen LogP contribution is -2.71. The molecule has 0 amide bonds. The van der Waals surface area contributed by atoms with Gasteiger partial charge in [0, 0.05) is 41.5 Å². The Kier molecular flexibility index (Phi) is 4.07. The van der Waals surface area contributed by atoms with Crippen molar-refractivity contribution in [2.45, 2.75) is 81.6 Å². The van der Waals surface area contributed by atoms with E-state index in [0.717, 1.165) is 49.3 Å². The molecule has 2 aromatic carbocycles. The number of piperidine rings is 1. The number of aliphatic hydroxyl groups excluding tert-OH is 1. The third-order valence-electron chi connectivity index (χ3n) is 11.8. The second-order valence-electron chi connectivity index (χ2n) is 13.1. The van der Waals surface area contributed by atoms with Gasteiger partial charge in [0.2, 0.25) is 0 Å². The number of hydrogen-bond donors (Lipinski definition) is 2. The van der Waals surface area contributed by atoms with Crippen LogP contribution in [-0.4, -0.2) is 53.1 Å². The molecule has 2 N–H and O–H groups in total. The zero-order chi connectivity index (χ0) is 24.7. The van der Waals surface area contributed by atoms with Gasteiger partial charge in [-0.15, -0.1) is 0 Å². The number of ether oxygens (including phenoxy) is 2. The SMILES string of the molecule is CO[C@]12C[C@@]3(C[C@]1(C)[C@@H](O)c1ccccc1C)[C@H]1Cc4ccc(O)c5c4[C@@]3(CCN1CC1CC1)[C@H]2O5. The van der Waals surface area contributed by atoms with Crippen molar-refractivity contribution in [1.29, 1.82) is 0 Å². The van der Waals surface area contributed by atoms with E-state index in [0.29, 0.717) is 11.8 Å². The minimum Gasteiger partial charge on any atom is -0.504 e. The second-order valence-corrected chi connectivity index (χ2v) is 13.1. The molecule has 0 unspecified atom stereocenters. The minimum absolute atomic E-state index is 0.0503. The molecule has 5 nitrogen and oxygen atoms in total. The Morgan fingerprint density at radius 1 is 1.17 bits per heavy atom. The first-order valence-corrected chi connectivity index (χ1v) is 13.9. The zero-order valence-corrected chi connectivity index (χ0v) is 21.6. The van der Waals surface area contributed by atoms with Gasteiger partial charge < -0.3 is 19.7 Å². The molecule has 4 fully saturated rings. The number of aliphatic hydroxyl groups is 1. The highest BCUT2D eigenvalue weighted by Gasteiger charge is 2.88. The van der Waals surface area contributed by atoms with Crippen molar-refractivity contribution in [3.05, 3.63) is 58.7 Å².